The van der Waals surface area contributed by atoms with Crippen molar-refractivity contribution in [1.82, 2.24) is 4.98 Å². The van der Waals surface area contributed by atoms with Gasteiger partial charge in [0.25, 0.3) is 0 Å². The molecule has 3 heteroatoms. The van der Waals surface area contributed by atoms with E-state index >= 15 is 0 Å². The highest BCUT2D eigenvalue weighted by Crippen LogP contribution is 2.19. The second kappa shape index (κ2) is 7.41. The van der Waals surface area contributed by atoms with Crippen molar-refractivity contribution < 1.29 is 4.74 Å². The third-order valence-electron chi connectivity index (χ3n) is 2.92. The molecule has 0 aliphatic rings. The van der Waals surface area contributed by atoms with Crippen LogP contribution in [0.25, 0.3) is 0 Å². The van der Waals surface area contributed by atoms with E-state index in [1.54, 1.807) is 0 Å². The van der Waals surface area contributed by atoms with Crippen molar-refractivity contribution in [3.05, 3.63) is 30.1 Å². The number of nitrogens with zero attached hydrogens (tertiary/aromatic N) is 1. The van der Waals surface area contributed by atoms with Gasteiger partial charge >= 0.3 is 0 Å². The van der Waals surface area contributed by atoms with E-state index < -0.39 is 0 Å². The average Bonchev–Trinajstić information content (AvgIpc) is 2.35. The fraction of sp³-hybridized carbons (Fsp3) is 0.643. The maximum Gasteiger partial charge on any atom is 0.0521 e. The Balaban J connectivity index is 2.02. The Hall–Kier alpha value is -0.930. The van der Waals surface area contributed by atoms with Crippen molar-refractivity contribution >= 4 is 0 Å². The molecule has 0 spiro atoms. The zero-order valence-corrected chi connectivity index (χ0v) is 11.0. The van der Waals surface area contributed by atoms with Crippen LogP contribution in [-0.2, 0) is 11.2 Å². The zero-order chi connectivity index (χ0) is 12.6. The number of hydrogen-bond acceptors (Lipinski definition) is 3. The average molecular weight is 236 g/mol. The number of pyridine rings is 1. The predicted octanol–water partition coefficient (Wildman–Crippen LogP) is 2.41. The van der Waals surface area contributed by atoms with Crippen molar-refractivity contribution in [2.75, 3.05) is 19.8 Å². The van der Waals surface area contributed by atoms with Crippen LogP contribution in [0.15, 0.2) is 24.4 Å². The summed E-state index contributed by atoms with van der Waals surface area (Å²) >= 11 is 0. The lowest BCUT2D eigenvalue weighted by atomic mass is 9.88. The molecule has 17 heavy (non-hydrogen) atoms. The second-order valence-corrected chi connectivity index (χ2v) is 5.16. The van der Waals surface area contributed by atoms with Crippen LogP contribution in [-0.4, -0.2) is 24.7 Å². The molecule has 1 rings (SSSR count). The van der Waals surface area contributed by atoms with Crippen LogP contribution in [0.5, 0.6) is 0 Å². The van der Waals surface area contributed by atoms with E-state index in [4.69, 9.17) is 10.5 Å². The third-order valence-corrected chi connectivity index (χ3v) is 2.92. The van der Waals surface area contributed by atoms with Crippen LogP contribution in [0.1, 0.15) is 32.4 Å². The summed E-state index contributed by atoms with van der Waals surface area (Å²) in [6.45, 7) is 6.69. The summed E-state index contributed by atoms with van der Waals surface area (Å²) in [5.74, 6) is 0. The molecule has 0 saturated carbocycles. The van der Waals surface area contributed by atoms with E-state index in [1.807, 2.05) is 24.4 Å². The minimum Gasteiger partial charge on any atom is -0.381 e. The Morgan fingerprint density at radius 3 is 2.76 bits per heavy atom. The van der Waals surface area contributed by atoms with Gasteiger partial charge in [-0.2, -0.15) is 0 Å². The minimum atomic E-state index is 0.240. The molecule has 0 aliphatic heterocycles. The Kier molecular flexibility index (Phi) is 6.16. The summed E-state index contributed by atoms with van der Waals surface area (Å²) in [5, 5.41) is 0. The summed E-state index contributed by atoms with van der Waals surface area (Å²) < 4.78 is 5.60. The highest BCUT2D eigenvalue weighted by molar-refractivity contribution is 5.03. The van der Waals surface area contributed by atoms with Crippen LogP contribution < -0.4 is 5.73 Å². The van der Waals surface area contributed by atoms with Crippen LogP contribution in [0.3, 0.4) is 0 Å². The fourth-order valence-corrected chi connectivity index (χ4v) is 1.58. The van der Waals surface area contributed by atoms with E-state index in [0.717, 1.165) is 44.7 Å². The fourth-order valence-electron chi connectivity index (χ4n) is 1.58. The van der Waals surface area contributed by atoms with Gasteiger partial charge in [0.2, 0.25) is 0 Å². The van der Waals surface area contributed by atoms with Crippen molar-refractivity contribution in [2.45, 2.75) is 33.1 Å². The molecule has 0 unspecified atom stereocenters. The molecule has 0 aromatic carbocycles. The monoisotopic (exact) mass is 236 g/mol. The lowest BCUT2D eigenvalue weighted by Gasteiger charge is -2.21. The van der Waals surface area contributed by atoms with Gasteiger partial charge in [0.1, 0.15) is 0 Å². The topological polar surface area (TPSA) is 48.1 Å². The van der Waals surface area contributed by atoms with Gasteiger partial charge in [-0.3, -0.25) is 4.98 Å². The molecule has 96 valence electrons. The van der Waals surface area contributed by atoms with Gasteiger partial charge in [-0.25, -0.2) is 0 Å². The van der Waals surface area contributed by atoms with E-state index in [1.165, 1.54) is 0 Å². The van der Waals surface area contributed by atoms with E-state index in [2.05, 4.69) is 18.8 Å². The van der Waals surface area contributed by atoms with Crippen LogP contribution in [0, 0.1) is 5.41 Å². The van der Waals surface area contributed by atoms with Crippen molar-refractivity contribution in [3.63, 3.8) is 0 Å². The highest BCUT2D eigenvalue weighted by atomic mass is 16.5. The standard InChI is InChI=1S/C14H24N2O/c1-14(2,12-15)8-5-10-17-11-7-13-6-3-4-9-16-13/h3-4,6,9H,5,7-8,10-12,15H2,1-2H3. The van der Waals surface area contributed by atoms with E-state index in [0.29, 0.717) is 0 Å². The predicted molar refractivity (Wildman–Crippen MR) is 70.8 cm³/mol. The van der Waals surface area contributed by atoms with E-state index in [-0.39, 0.29) is 5.41 Å². The number of aromatic nitrogens is 1. The Labute approximate surface area is 104 Å². The Morgan fingerprint density at radius 2 is 2.12 bits per heavy atom. The second-order valence-electron chi connectivity index (χ2n) is 5.16. The molecule has 1 aromatic heterocycles. The van der Waals surface area contributed by atoms with Gasteiger partial charge in [-0.15, -0.1) is 0 Å². The number of rotatable bonds is 8. The molecule has 0 amide bonds. The molecule has 1 heterocycles. The first-order valence-electron chi connectivity index (χ1n) is 6.32. The summed E-state index contributed by atoms with van der Waals surface area (Å²) in [6, 6.07) is 5.96. The van der Waals surface area contributed by atoms with Crippen molar-refractivity contribution in [3.8, 4) is 0 Å². The molecule has 0 bridgehead atoms. The van der Waals surface area contributed by atoms with Crippen LogP contribution in [0.4, 0.5) is 0 Å². The molecule has 0 radical (unpaired) electrons. The van der Waals surface area contributed by atoms with Gasteiger partial charge in [-0.1, -0.05) is 19.9 Å². The molecule has 0 atom stereocenters. The summed E-state index contributed by atoms with van der Waals surface area (Å²) in [5.41, 5.74) is 7.01. The molecule has 0 saturated heterocycles. The SMILES string of the molecule is CC(C)(CN)CCCOCCc1ccccn1. The minimum absolute atomic E-state index is 0.240. The highest BCUT2D eigenvalue weighted by Gasteiger charge is 2.14. The largest absolute Gasteiger partial charge is 0.381 e. The third kappa shape index (κ3) is 6.39. The lowest BCUT2D eigenvalue weighted by molar-refractivity contribution is 0.124. The van der Waals surface area contributed by atoms with Crippen LogP contribution >= 0.6 is 0 Å². The van der Waals surface area contributed by atoms with Gasteiger partial charge in [0, 0.05) is 24.9 Å². The summed E-state index contributed by atoms with van der Waals surface area (Å²) in [6.07, 6.45) is 4.90. The Bertz CT molecular complexity index is 298. The van der Waals surface area contributed by atoms with Gasteiger partial charge < -0.3 is 10.5 Å². The Morgan fingerprint density at radius 1 is 1.29 bits per heavy atom. The normalized spacial score (nSPS) is 11.7. The summed E-state index contributed by atoms with van der Waals surface area (Å²) in [7, 11) is 0. The lowest BCUT2D eigenvalue weighted by Crippen LogP contribution is -2.23. The van der Waals surface area contributed by atoms with Gasteiger partial charge in [-0.05, 0) is 36.9 Å². The van der Waals surface area contributed by atoms with Crippen molar-refractivity contribution in [2.24, 2.45) is 11.1 Å². The van der Waals surface area contributed by atoms with Gasteiger partial charge in [0.05, 0.1) is 6.61 Å². The molecule has 2 N–H and O–H groups in total. The maximum atomic E-state index is 5.67. The first-order valence-corrected chi connectivity index (χ1v) is 6.32. The quantitative estimate of drug-likeness (QED) is 0.705. The molecular weight excluding hydrogens is 212 g/mol. The number of nitrogens with two attached hydrogens (primary N) is 1. The summed E-state index contributed by atoms with van der Waals surface area (Å²) in [4.78, 5) is 4.25. The number of ether oxygens (including phenoxy) is 1. The first kappa shape index (κ1) is 14.1. The molecule has 0 fully saturated rings. The molecule has 3 nitrogen and oxygen atoms in total. The smallest absolute Gasteiger partial charge is 0.0521 e. The van der Waals surface area contributed by atoms with Crippen LogP contribution in [0.2, 0.25) is 0 Å². The van der Waals surface area contributed by atoms with Crippen molar-refractivity contribution in [1.29, 1.82) is 0 Å². The molecule has 1 aromatic rings. The number of hydrogen-bond donors (Lipinski definition) is 1. The zero-order valence-electron chi connectivity index (χ0n) is 11.0. The first-order chi connectivity index (χ1) is 8.14. The maximum absolute atomic E-state index is 5.67. The molecular formula is C14H24N2O. The van der Waals surface area contributed by atoms with E-state index in [9.17, 15) is 0 Å². The van der Waals surface area contributed by atoms with Gasteiger partial charge in [0.15, 0.2) is 0 Å². The molecule has 0 aliphatic carbocycles.